The summed E-state index contributed by atoms with van der Waals surface area (Å²) in [5, 5.41) is 6.92. The molecule has 0 atom stereocenters. The Morgan fingerprint density at radius 3 is 2.47 bits per heavy atom. The number of hydrogen-bond donors (Lipinski definition) is 2. The smallest absolute Gasteiger partial charge is 0.320 e. The van der Waals surface area contributed by atoms with Crippen molar-refractivity contribution in [1.29, 1.82) is 5.41 Å². The van der Waals surface area contributed by atoms with Crippen LogP contribution in [0.5, 0.6) is 6.01 Å². The largest absolute Gasteiger partial charge is 0.463 e. The minimum absolute atomic E-state index is 0.313. The van der Waals surface area contributed by atoms with Crippen LogP contribution in [0, 0.1) is 12.3 Å². The highest BCUT2D eigenvalue weighted by atomic mass is 16.5. The first kappa shape index (κ1) is 22.8. The van der Waals surface area contributed by atoms with Gasteiger partial charge in [0.2, 0.25) is 0 Å². The summed E-state index contributed by atoms with van der Waals surface area (Å²) in [6, 6.07) is 15.8. The summed E-state index contributed by atoms with van der Waals surface area (Å²) in [6.45, 7) is 8.36. The van der Waals surface area contributed by atoms with Crippen LogP contribution in [0.1, 0.15) is 30.7 Å². The molecule has 2 aromatic heterocycles. The highest BCUT2D eigenvalue weighted by Crippen LogP contribution is 2.17. The van der Waals surface area contributed by atoms with Crippen LogP contribution in [0.15, 0.2) is 54.7 Å². The van der Waals surface area contributed by atoms with Crippen molar-refractivity contribution in [2.75, 3.05) is 30.3 Å². The van der Waals surface area contributed by atoms with Crippen LogP contribution in [0.25, 0.3) is 0 Å². The number of pyridine rings is 1. The predicted molar refractivity (Wildman–Crippen MR) is 123 cm³/mol. The molecule has 0 fully saturated rings. The Kier molecular flexibility index (Phi) is 9.24. The summed E-state index contributed by atoms with van der Waals surface area (Å²) in [7, 11) is 0. The molecular weight excluding hydrogens is 376 g/mol. The molecule has 0 amide bonds. The van der Waals surface area contributed by atoms with Gasteiger partial charge in [-0.15, -0.1) is 0 Å². The minimum Gasteiger partial charge on any atom is -0.463 e. The number of rotatable bonds is 8. The summed E-state index contributed by atoms with van der Waals surface area (Å²) in [4.78, 5) is 14.9. The Morgan fingerprint density at radius 2 is 1.87 bits per heavy atom. The number of nitrogens with one attached hydrogen (secondary N) is 1. The predicted octanol–water partition coefficient (Wildman–Crippen LogP) is 3.91. The molecule has 158 valence electrons. The standard InChI is InChI=1S/C15H21N5O.C8H9N/c1-3-20(4-2)14-11-13(16)18-15(19-14)21-10-8-12-7-5-6-9-17-12;1-7-3-2-4-8(5-7)6-9/h5-7,9,11H,3-4,8,10H2,1-2H3,(H2,16,18,19);2-6,9H,1H3. The number of nitrogens with zero attached hydrogens (tertiary/aromatic N) is 4. The fourth-order valence-electron chi connectivity index (χ4n) is 2.76. The molecule has 3 N–H and O–H groups in total. The van der Waals surface area contributed by atoms with Gasteiger partial charge in [-0.3, -0.25) is 4.98 Å². The minimum atomic E-state index is 0.313. The normalized spacial score (nSPS) is 9.97. The summed E-state index contributed by atoms with van der Waals surface area (Å²) in [5.41, 5.74) is 8.97. The molecule has 3 aromatic rings. The highest BCUT2D eigenvalue weighted by Gasteiger charge is 2.09. The van der Waals surface area contributed by atoms with Crippen molar-refractivity contribution in [3.05, 3.63) is 71.5 Å². The van der Waals surface area contributed by atoms with Gasteiger partial charge in [0.1, 0.15) is 11.6 Å². The summed E-state index contributed by atoms with van der Waals surface area (Å²) in [6.07, 6.45) is 3.83. The van der Waals surface area contributed by atoms with Gasteiger partial charge in [0.25, 0.3) is 0 Å². The van der Waals surface area contributed by atoms with Crippen LogP contribution in [0.3, 0.4) is 0 Å². The number of ether oxygens (including phenoxy) is 1. The van der Waals surface area contributed by atoms with E-state index in [9.17, 15) is 0 Å². The molecule has 2 heterocycles. The lowest BCUT2D eigenvalue weighted by Gasteiger charge is -2.20. The molecule has 0 spiro atoms. The zero-order valence-electron chi connectivity index (χ0n) is 17.9. The lowest BCUT2D eigenvalue weighted by molar-refractivity contribution is 0.295. The molecule has 0 bridgehead atoms. The van der Waals surface area contributed by atoms with Crippen molar-refractivity contribution < 1.29 is 4.74 Å². The third-order valence-electron chi connectivity index (χ3n) is 4.32. The van der Waals surface area contributed by atoms with Crippen molar-refractivity contribution in [3.8, 4) is 6.01 Å². The van der Waals surface area contributed by atoms with Gasteiger partial charge >= 0.3 is 6.01 Å². The first-order valence-corrected chi connectivity index (χ1v) is 10.0. The second-order valence-electron chi connectivity index (χ2n) is 6.58. The van der Waals surface area contributed by atoms with Gasteiger partial charge in [-0.2, -0.15) is 9.97 Å². The first-order valence-electron chi connectivity index (χ1n) is 10.0. The molecule has 0 aliphatic heterocycles. The van der Waals surface area contributed by atoms with E-state index in [-0.39, 0.29) is 0 Å². The van der Waals surface area contributed by atoms with Crippen molar-refractivity contribution in [1.82, 2.24) is 15.0 Å². The van der Waals surface area contributed by atoms with Gasteiger partial charge in [-0.05, 0) is 38.5 Å². The van der Waals surface area contributed by atoms with E-state index in [2.05, 4.69) is 33.7 Å². The van der Waals surface area contributed by atoms with E-state index >= 15 is 0 Å². The van der Waals surface area contributed by atoms with Gasteiger partial charge < -0.3 is 20.8 Å². The van der Waals surface area contributed by atoms with Gasteiger partial charge in [-0.25, -0.2) is 0 Å². The van der Waals surface area contributed by atoms with E-state index in [1.54, 1.807) is 12.3 Å². The zero-order chi connectivity index (χ0) is 21.8. The molecule has 0 aliphatic rings. The van der Waals surface area contributed by atoms with Crippen LogP contribution < -0.4 is 15.4 Å². The maximum Gasteiger partial charge on any atom is 0.320 e. The van der Waals surface area contributed by atoms with E-state index in [1.165, 1.54) is 11.8 Å². The Hall–Kier alpha value is -3.48. The van der Waals surface area contributed by atoms with Crippen molar-refractivity contribution in [2.24, 2.45) is 0 Å². The number of nitrogens with two attached hydrogens (primary N) is 1. The van der Waals surface area contributed by atoms with Crippen LogP contribution >= 0.6 is 0 Å². The molecular formula is C23H30N6O. The van der Waals surface area contributed by atoms with Crippen LogP contribution in [0.2, 0.25) is 0 Å². The zero-order valence-corrected chi connectivity index (χ0v) is 17.9. The first-order chi connectivity index (χ1) is 14.5. The van der Waals surface area contributed by atoms with Crippen LogP contribution in [-0.2, 0) is 6.42 Å². The Morgan fingerprint density at radius 1 is 1.07 bits per heavy atom. The average Bonchev–Trinajstić information content (AvgIpc) is 2.75. The maximum absolute atomic E-state index is 6.92. The van der Waals surface area contributed by atoms with Crippen molar-refractivity contribution in [2.45, 2.75) is 27.2 Å². The summed E-state index contributed by atoms with van der Waals surface area (Å²) in [5.74, 6) is 1.21. The monoisotopic (exact) mass is 406 g/mol. The molecule has 0 radical (unpaired) electrons. The van der Waals surface area contributed by atoms with Crippen molar-refractivity contribution >= 4 is 17.9 Å². The second-order valence-corrected chi connectivity index (χ2v) is 6.58. The lowest BCUT2D eigenvalue weighted by Crippen LogP contribution is -2.23. The Bertz CT molecular complexity index is 913. The van der Waals surface area contributed by atoms with Gasteiger partial charge in [0, 0.05) is 43.7 Å². The topological polar surface area (TPSA) is 101 Å². The van der Waals surface area contributed by atoms with Gasteiger partial charge in [0.15, 0.2) is 0 Å². The second kappa shape index (κ2) is 12.2. The molecule has 7 heteroatoms. The molecule has 3 rings (SSSR count). The fraction of sp³-hybridized carbons (Fsp3) is 0.304. The average molecular weight is 407 g/mol. The van der Waals surface area contributed by atoms with E-state index in [4.69, 9.17) is 15.9 Å². The number of aryl methyl sites for hydroxylation is 1. The van der Waals surface area contributed by atoms with E-state index < -0.39 is 0 Å². The molecule has 0 saturated carbocycles. The Labute approximate surface area is 178 Å². The van der Waals surface area contributed by atoms with Gasteiger partial charge in [-0.1, -0.05) is 35.9 Å². The number of hydrogen-bond acceptors (Lipinski definition) is 7. The van der Waals surface area contributed by atoms with Crippen LogP contribution in [0.4, 0.5) is 11.6 Å². The van der Waals surface area contributed by atoms with Crippen molar-refractivity contribution in [3.63, 3.8) is 0 Å². The number of nitrogen functional groups attached to an aromatic ring is 1. The summed E-state index contributed by atoms with van der Waals surface area (Å²) >= 11 is 0. The molecule has 30 heavy (non-hydrogen) atoms. The molecule has 7 nitrogen and oxygen atoms in total. The molecule has 0 saturated heterocycles. The fourth-order valence-corrected chi connectivity index (χ4v) is 2.76. The van der Waals surface area contributed by atoms with Gasteiger partial charge in [0.05, 0.1) is 6.61 Å². The lowest BCUT2D eigenvalue weighted by atomic mass is 10.2. The van der Waals surface area contributed by atoms with E-state index in [1.807, 2.05) is 49.4 Å². The number of aromatic nitrogens is 3. The molecule has 0 aliphatic carbocycles. The maximum atomic E-state index is 6.92. The third-order valence-corrected chi connectivity index (χ3v) is 4.32. The highest BCUT2D eigenvalue weighted by molar-refractivity contribution is 5.76. The Balaban J connectivity index is 0.000000297. The van der Waals surface area contributed by atoms with E-state index in [0.29, 0.717) is 24.9 Å². The molecule has 0 unspecified atom stereocenters. The SMILES string of the molecule is CCN(CC)c1cc(N)nc(OCCc2ccccn2)n1.Cc1cccc(C=N)c1. The summed E-state index contributed by atoms with van der Waals surface area (Å²) < 4.78 is 5.60. The molecule has 1 aromatic carbocycles. The number of anilines is 2. The van der Waals surface area contributed by atoms with Crippen LogP contribution in [-0.4, -0.2) is 40.9 Å². The number of benzene rings is 1. The van der Waals surface area contributed by atoms with E-state index in [0.717, 1.165) is 30.2 Å². The third kappa shape index (κ3) is 7.50. The quantitative estimate of drug-likeness (QED) is 0.550.